The van der Waals surface area contributed by atoms with Gasteiger partial charge in [-0.3, -0.25) is 4.79 Å². The Morgan fingerprint density at radius 2 is 1.71 bits per heavy atom. The molecule has 0 heterocycles. The van der Waals surface area contributed by atoms with Gasteiger partial charge in [0.2, 0.25) is 5.91 Å². The van der Waals surface area contributed by atoms with Gasteiger partial charge in [0.25, 0.3) is 0 Å². The van der Waals surface area contributed by atoms with Crippen LogP contribution in [-0.2, 0) is 11.2 Å². The third-order valence-electron chi connectivity index (χ3n) is 3.08. The van der Waals surface area contributed by atoms with Gasteiger partial charge >= 0.3 is 0 Å². The van der Waals surface area contributed by atoms with E-state index >= 15 is 0 Å². The van der Waals surface area contributed by atoms with Crippen molar-refractivity contribution < 1.29 is 18.7 Å². The topological polar surface area (TPSA) is 49.3 Å². The van der Waals surface area contributed by atoms with Gasteiger partial charge in [0, 0.05) is 11.3 Å². The molecule has 2 aromatic carbocycles. The number of amides is 1. The molecule has 0 bridgehead atoms. The van der Waals surface area contributed by atoms with Crippen LogP contribution in [0.4, 0.5) is 14.5 Å². The average molecular weight is 291 g/mol. The first kappa shape index (κ1) is 15.1. The number of aliphatic hydroxyl groups is 1. The molecule has 2 rings (SSSR count). The largest absolute Gasteiger partial charge is 0.389 e. The minimum atomic E-state index is -0.741. The van der Waals surface area contributed by atoms with Crippen molar-refractivity contribution in [1.82, 2.24) is 0 Å². The molecule has 21 heavy (non-hydrogen) atoms. The molecule has 0 aliphatic heterocycles. The highest BCUT2D eigenvalue weighted by atomic mass is 19.1. The second kappa shape index (κ2) is 6.45. The van der Waals surface area contributed by atoms with E-state index in [0.717, 1.165) is 12.1 Å². The summed E-state index contributed by atoms with van der Waals surface area (Å²) >= 11 is 0. The van der Waals surface area contributed by atoms with Crippen LogP contribution in [0.25, 0.3) is 0 Å². The van der Waals surface area contributed by atoms with Crippen molar-refractivity contribution in [2.45, 2.75) is 19.4 Å². The monoisotopic (exact) mass is 291 g/mol. The SMILES string of the molecule is CC(O)c1ccc(NC(=O)Cc2c(F)cccc2F)cc1. The summed E-state index contributed by atoms with van der Waals surface area (Å²) in [5.41, 5.74) is 0.963. The molecular formula is C16H15F2NO2. The quantitative estimate of drug-likeness (QED) is 0.909. The van der Waals surface area contributed by atoms with Gasteiger partial charge in [0.15, 0.2) is 0 Å². The van der Waals surface area contributed by atoms with E-state index in [1.54, 1.807) is 31.2 Å². The molecule has 0 saturated carbocycles. The lowest BCUT2D eigenvalue weighted by Crippen LogP contribution is -2.16. The van der Waals surface area contributed by atoms with Gasteiger partial charge in [-0.15, -0.1) is 0 Å². The van der Waals surface area contributed by atoms with Gasteiger partial charge in [0.1, 0.15) is 11.6 Å². The summed E-state index contributed by atoms with van der Waals surface area (Å²) in [6.45, 7) is 1.63. The van der Waals surface area contributed by atoms with Crippen molar-refractivity contribution in [3.8, 4) is 0 Å². The molecule has 0 spiro atoms. The fourth-order valence-electron chi connectivity index (χ4n) is 1.91. The molecule has 0 aromatic heterocycles. The number of carbonyl (C=O) groups is 1. The Bertz CT molecular complexity index is 619. The Hall–Kier alpha value is -2.27. The van der Waals surface area contributed by atoms with Gasteiger partial charge in [-0.1, -0.05) is 18.2 Å². The smallest absolute Gasteiger partial charge is 0.229 e. The Morgan fingerprint density at radius 3 is 2.24 bits per heavy atom. The Kier molecular flexibility index (Phi) is 4.65. The molecule has 1 amide bonds. The maximum Gasteiger partial charge on any atom is 0.229 e. The zero-order valence-electron chi connectivity index (χ0n) is 11.4. The number of aliphatic hydroxyl groups excluding tert-OH is 1. The summed E-state index contributed by atoms with van der Waals surface area (Å²) in [6, 6.07) is 10.1. The van der Waals surface area contributed by atoms with E-state index in [2.05, 4.69) is 5.32 Å². The summed E-state index contributed by atoms with van der Waals surface area (Å²) < 4.78 is 26.9. The number of benzene rings is 2. The predicted octanol–water partition coefficient (Wildman–Crippen LogP) is 3.20. The maximum absolute atomic E-state index is 13.4. The Balaban J connectivity index is 2.05. The molecule has 110 valence electrons. The van der Waals surface area contributed by atoms with E-state index in [-0.39, 0.29) is 12.0 Å². The van der Waals surface area contributed by atoms with E-state index in [1.807, 2.05) is 0 Å². The molecule has 3 nitrogen and oxygen atoms in total. The van der Waals surface area contributed by atoms with Crippen molar-refractivity contribution in [3.05, 3.63) is 65.2 Å². The van der Waals surface area contributed by atoms with Gasteiger partial charge in [-0.25, -0.2) is 8.78 Å². The van der Waals surface area contributed by atoms with Crippen LogP contribution < -0.4 is 5.32 Å². The van der Waals surface area contributed by atoms with E-state index in [4.69, 9.17) is 0 Å². The first-order valence-corrected chi connectivity index (χ1v) is 6.48. The maximum atomic E-state index is 13.4. The van der Waals surface area contributed by atoms with Gasteiger partial charge in [-0.2, -0.15) is 0 Å². The fourth-order valence-corrected chi connectivity index (χ4v) is 1.91. The molecular weight excluding hydrogens is 276 g/mol. The number of rotatable bonds is 4. The fraction of sp³-hybridized carbons (Fsp3) is 0.188. The lowest BCUT2D eigenvalue weighted by atomic mass is 10.1. The molecule has 0 aliphatic carbocycles. The minimum Gasteiger partial charge on any atom is -0.389 e. The average Bonchev–Trinajstić information content (AvgIpc) is 2.43. The summed E-state index contributed by atoms with van der Waals surface area (Å²) in [4.78, 5) is 11.8. The zero-order chi connectivity index (χ0) is 15.4. The van der Waals surface area contributed by atoms with Crippen LogP contribution in [0.3, 0.4) is 0 Å². The highest BCUT2D eigenvalue weighted by Crippen LogP contribution is 2.17. The molecule has 2 aromatic rings. The van der Waals surface area contributed by atoms with Crippen LogP contribution in [0, 0.1) is 11.6 Å². The first-order chi connectivity index (χ1) is 9.97. The van der Waals surface area contributed by atoms with Crippen molar-refractivity contribution >= 4 is 11.6 Å². The van der Waals surface area contributed by atoms with Gasteiger partial charge in [0.05, 0.1) is 12.5 Å². The van der Waals surface area contributed by atoms with Crippen LogP contribution in [0.15, 0.2) is 42.5 Å². The van der Waals surface area contributed by atoms with E-state index in [0.29, 0.717) is 11.3 Å². The third kappa shape index (κ3) is 3.86. The van der Waals surface area contributed by atoms with Crippen LogP contribution in [0.5, 0.6) is 0 Å². The Labute approximate surface area is 121 Å². The molecule has 2 N–H and O–H groups in total. The molecule has 1 atom stereocenters. The van der Waals surface area contributed by atoms with Crippen molar-refractivity contribution in [3.63, 3.8) is 0 Å². The zero-order valence-corrected chi connectivity index (χ0v) is 11.4. The normalized spacial score (nSPS) is 12.0. The molecule has 0 aliphatic rings. The molecule has 0 saturated heterocycles. The van der Waals surface area contributed by atoms with Crippen LogP contribution in [0.2, 0.25) is 0 Å². The van der Waals surface area contributed by atoms with E-state index in [1.165, 1.54) is 6.07 Å². The number of halogens is 2. The molecule has 1 unspecified atom stereocenters. The molecule has 0 fully saturated rings. The third-order valence-corrected chi connectivity index (χ3v) is 3.08. The number of carbonyl (C=O) groups excluding carboxylic acids is 1. The highest BCUT2D eigenvalue weighted by molar-refractivity contribution is 5.92. The van der Waals surface area contributed by atoms with Crippen molar-refractivity contribution in [2.75, 3.05) is 5.32 Å². The minimum absolute atomic E-state index is 0.254. The van der Waals surface area contributed by atoms with E-state index < -0.39 is 23.6 Å². The summed E-state index contributed by atoms with van der Waals surface area (Å²) in [5, 5.41) is 11.9. The van der Waals surface area contributed by atoms with Crippen molar-refractivity contribution in [1.29, 1.82) is 0 Å². The predicted molar refractivity (Wildman–Crippen MR) is 75.8 cm³/mol. The second-order valence-corrected chi connectivity index (χ2v) is 4.72. The summed E-state index contributed by atoms with van der Waals surface area (Å²) in [7, 11) is 0. The lowest BCUT2D eigenvalue weighted by Gasteiger charge is -2.09. The number of hydrogen-bond donors (Lipinski definition) is 2. The van der Waals surface area contributed by atoms with E-state index in [9.17, 15) is 18.7 Å². The molecule has 5 heteroatoms. The Morgan fingerprint density at radius 1 is 1.14 bits per heavy atom. The van der Waals surface area contributed by atoms with Crippen LogP contribution in [0.1, 0.15) is 24.2 Å². The highest BCUT2D eigenvalue weighted by Gasteiger charge is 2.13. The van der Waals surface area contributed by atoms with Gasteiger partial charge in [-0.05, 0) is 36.8 Å². The second-order valence-electron chi connectivity index (χ2n) is 4.72. The van der Waals surface area contributed by atoms with Crippen LogP contribution >= 0.6 is 0 Å². The summed E-state index contributed by atoms with van der Waals surface area (Å²) in [6.07, 6.45) is -0.973. The van der Waals surface area contributed by atoms with Crippen molar-refractivity contribution in [2.24, 2.45) is 0 Å². The number of anilines is 1. The lowest BCUT2D eigenvalue weighted by molar-refractivity contribution is -0.115. The standard InChI is InChI=1S/C16H15F2NO2/c1-10(20)11-5-7-12(8-6-11)19-16(21)9-13-14(17)3-2-4-15(13)18/h2-8,10,20H,9H2,1H3,(H,19,21). The van der Waals surface area contributed by atoms with Crippen LogP contribution in [-0.4, -0.2) is 11.0 Å². The number of nitrogens with one attached hydrogen (secondary N) is 1. The summed E-state index contributed by atoms with van der Waals surface area (Å²) in [5.74, 6) is -1.99. The molecule has 0 radical (unpaired) electrons. The van der Waals surface area contributed by atoms with Gasteiger partial charge < -0.3 is 10.4 Å². The number of hydrogen-bond acceptors (Lipinski definition) is 2. The first-order valence-electron chi connectivity index (χ1n) is 6.48.